The lowest BCUT2D eigenvalue weighted by Crippen LogP contribution is -2.35. The van der Waals surface area contributed by atoms with Gasteiger partial charge in [-0.3, -0.25) is 4.79 Å². The molecule has 1 unspecified atom stereocenters. The molecule has 0 heterocycles. The number of hydrogen-bond acceptors (Lipinski definition) is 4. The Kier molecular flexibility index (Phi) is 8.50. The Balaban J connectivity index is 0.00000400. The van der Waals surface area contributed by atoms with E-state index in [2.05, 4.69) is 10.0 Å². The average Bonchev–Trinajstić information content (AvgIpc) is 2.37. The highest BCUT2D eigenvalue weighted by Gasteiger charge is 2.12. The normalized spacial score (nSPS) is 12.3. The monoisotopic (exact) mass is 335 g/mol. The van der Waals surface area contributed by atoms with Gasteiger partial charge < -0.3 is 11.1 Å². The van der Waals surface area contributed by atoms with Crippen LogP contribution in [0.15, 0.2) is 24.3 Å². The van der Waals surface area contributed by atoms with Crippen LogP contribution in [0.5, 0.6) is 0 Å². The van der Waals surface area contributed by atoms with Crippen LogP contribution in [0, 0.1) is 0 Å². The van der Waals surface area contributed by atoms with Crippen LogP contribution < -0.4 is 15.8 Å². The van der Waals surface area contributed by atoms with Gasteiger partial charge in [-0.2, -0.15) is 0 Å². The van der Waals surface area contributed by atoms with E-state index in [-0.39, 0.29) is 24.9 Å². The van der Waals surface area contributed by atoms with Gasteiger partial charge in [0.25, 0.3) is 0 Å². The molecule has 0 spiro atoms. The number of hydrogen-bond donors (Lipinski definition) is 3. The summed E-state index contributed by atoms with van der Waals surface area (Å²) in [5.74, 6) is -0.214. The van der Waals surface area contributed by atoms with Crippen molar-refractivity contribution in [2.75, 3.05) is 11.6 Å². The Bertz CT molecular complexity index is 546. The summed E-state index contributed by atoms with van der Waals surface area (Å²) < 4.78 is 24.3. The SMILES string of the molecule is CCCC(N)C(=O)Nc1ccc(CNS(C)(=O)=O)cc1.Cl. The molecule has 8 heteroatoms. The first-order valence-corrected chi connectivity index (χ1v) is 8.31. The van der Waals surface area contributed by atoms with Crippen molar-refractivity contribution >= 4 is 34.0 Å². The predicted molar refractivity (Wildman–Crippen MR) is 86.9 cm³/mol. The van der Waals surface area contributed by atoms with E-state index in [1.54, 1.807) is 24.3 Å². The summed E-state index contributed by atoms with van der Waals surface area (Å²) in [6.45, 7) is 2.19. The topological polar surface area (TPSA) is 101 Å². The van der Waals surface area contributed by atoms with E-state index in [0.717, 1.165) is 18.2 Å². The molecule has 1 aromatic rings. The van der Waals surface area contributed by atoms with Crippen molar-refractivity contribution in [3.63, 3.8) is 0 Å². The smallest absolute Gasteiger partial charge is 0.241 e. The van der Waals surface area contributed by atoms with Crippen molar-refractivity contribution < 1.29 is 13.2 Å². The second-order valence-electron chi connectivity index (χ2n) is 4.67. The summed E-state index contributed by atoms with van der Waals surface area (Å²) in [7, 11) is -3.21. The maximum atomic E-state index is 11.7. The van der Waals surface area contributed by atoms with Crippen LogP contribution in [0.1, 0.15) is 25.3 Å². The van der Waals surface area contributed by atoms with E-state index in [1.807, 2.05) is 6.92 Å². The second kappa shape index (κ2) is 8.99. The van der Waals surface area contributed by atoms with Gasteiger partial charge >= 0.3 is 0 Å². The van der Waals surface area contributed by atoms with Crippen molar-refractivity contribution in [1.82, 2.24) is 4.72 Å². The molecule has 120 valence electrons. The zero-order valence-corrected chi connectivity index (χ0v) is 13.8. The van der Waals surface area contributed by atoms with Crippen molar-refractivity contribution in [3.05, 3.63) is 29.8 Å². The molecule has 4 N–H and O–H groups in total. The largest absolute Gasteiger partial charge is 0.325 e. The second-order valence-corrected chi connectivity index (χ2v) is 6.51. The minimum Gasteiger partial charge on any atom is -0.325 e. The molecular weight excluding hydrogens is 314 g/mol. The number of carbonyl (C=O) groups excluding carboxylic acids is 1. The van der Waals surface area contributed by atoms with Gasteiger partial charge in [-0.25, -0.2) is 13.1 Å². The van der Waals surface area contributed by atoms with E-state index in [1.165, 1.54) is 0 Å². The average molecular weight is 336 g/mol. The standard InChI is InChI=1S/C13H21N3O3S.ClH/c1-3-4-12(14)13(17)16-11-7-5-10(6-8-11)9-15-20(2,18)19;/h5-8,12,15H,3-4,9,14H2,1-2H3,(H,16,17);1H. The maximum absolute atomic E-state index is 11.7. The van der Waals surface area contributed by atoms with Crippen LogP contribution in [-0.2, 0) is 21.4 Å². The molecule has 1 amide bonds. The molecule has 0 fully saturated rings. The van der Waals surface area contributed by atoms with Gasteiger partial charge in [0, 0.05) is 12.2 Å². The molecule has 0 bridgehead atoms. The third-order valence-electron chi connectivity index (χ3n) is 2.70. The fourth-order valence-electron chi connectivity index (χ4n) is 1.60. The minimum atomic E-state index is -3.21. The van der Waals surface area contributed by atoms with Crippen molar-refractivity contribution in [2.24, 2.45) is 5.73 Å². The third kappa shape index (κ3) is 8.01. The number of benzene rings is 1. The molecule has 0 radical (unpaired) electrons. The summed E-state index contributed by atoms with van der Waals surface area (Å²) >= 11 is 0. The lowest BCUT2D eigenvalue weighted by atomic mass is 10.1. The molecule has 0 aliphatic heterocycles. The Morgan fingerprint density at radius 3 is 2.33 bits per heavy atom. The molecule has 6 nitrogen and oxygen atoms in total. The minimum absolute atomic E-state index is 0. The lowest BCUT2D eigenvalue weighted by Gasteiger charge is -2.11. The molecule has 0 saturated carbocycles. The first-order valence-electron chi connectivity index (χ1n) is 6.42. The lowest BCUT2D eigenvalue weighted by molar-refractivity contribution is -0.117. The van der Waals surface area contributed by atoms with Gasteiger partial charge in [0.1, 0.15) is 0 Å². The van der Waals surface area contributed by atoms with E-state index in [4.69, 9.17) is 5.73 Å². The predicted octanol–water partition coefficient (Wildman–Crippen LogP) is 1.22. The number of anilines is 1. The fourth-order valence-corrected chi connectivity index (χ4v) is 2.03. The molecule has 1 atom stereocenters. The molecule has 0 aliphatic rings. The summed E-state index contributed by atoms with van der Waals surface area (Å²) in [6, 6.07) is 6.43. The highest BCUT2D eigenvalue weighted by atomic mass is 35.5. The van der Waals surface area contributed by atoms with Gasteiger partial charge in [0.05, 0.1) is 12.3 Å². The summed E-state index contributed by atoms with van der Waals surface area (Å²) in [4.78, 5) is 11.7. The first-order chi connectivity index (χ1) is 9.31. The van der Waals surface area contributed by atoms with Gasteiger partial charge in [-0.05, 0) is 24.1 Å². The third-order valence-corrected chi connectivity index (χ3v) is 3.37. The number of nitrogens with one attached hydrogen (secondary N) is 2. The Labute approximate surface area is 132 Å². The molecule has 21 heavy (non-hydrogen) atoms. The van der Waals surface area contributed by atoms with Crippen LogP contribution in [0.3, 0.4) is 0 Å². The molecular formula is C13H22ClN3O3S. The zero-order chi connectivity index (χ0) is 15.2. The Morgan fingerprint density at radius 1 is 1.29 bits per heavy atom. The number of carbonyl (C=O) groups is 1. The first kappa shape index (κ1) is 19.9. The van der Waals surface area contributed by atoms with Gasteiger partial charge in [0.2, 0.25) is 15.9 Å². The van der Waals surface area contributed by atoms with E-state index in [9.17, 15) is 13.2 Å². The zero-order valence-electron chi connectivity index (χ0n) is 12.1. The van der Waals surface area contributed by atoms with Gasteiger partial charge in [-0.1, -0.05) is 25.5 Å². The highest BCUT2D eigenvalue weighted by Crippen LogP contribution is 2.10. The van der Waals surface area contributed by atoms with E-state index < -0.39 is 16.1 Å². The van der Waals surface area contributed by atoms with Crippen LogP contribution >= 0.6 is 12.4 Å². The van der Waals surface area contributed by atoms with Crippen LogP contribution in [0.2, 0.25) is 0 Å². The maximum Gasteiger partial charge on any atom is 0.241 e. The number of halogens is 1. The number of rotatable bonds is 7. The van der Waals surface area contributed by atoms with Crippen LogP contribution in [-0.4, -0.2) is 26.6 Å². The molecule has 1 rings (SSSR count). The van der Waals surface area contributed by atoms with Gasteiger partial charge in [0.15, 0.2) is 0 Å². The molecule has 0 saturated heterocycles. The number of amides is 1. The van der Waals surface area contributed by atoms with Crippen molar-refractivity contribution in [1.29, 1.82) is 0 Å². The van der Waals surface area contributed by atoms with Crippen molar-refractivity contribution in [3.8, 4) is 0 Å². The summed E-state index contributed by atoms with van der Waals surface area (Å²) in [5.41, 5.74) is 7.17. The number of sulfonamides is 1. The van der Waals surface area contributed by atoms with Gasteiger partial charge in [-0.15, -0.1) is 12.4 Å². The summed E-state index contributed by atoms with van der Waals surface area (Å²) in [5, 5.41) is 2.72. The highest BCUT2D eigenvalue weighted by molar-refractivity contribution is 7.88. The Morgan fingerprint density at radius 2 is 1.86 bits per heavy atom. The van der Waals surface area contributed by atoms with Crippen LogP contribution in [0.4, 0.5) is 5.69 Å². The molecule has 1 aromatic carbocycles. The number of nitrogens with two attached hydrogens (primary N) is 1. The van der Waals surface area contributed by atoms with E-state index >= 15 is 0 Å². The van der Waals surface area contributed by atoms with Crippen LogP contribution in [0.25, 0.3) is 0 Å². The van der Waals surface area contributed by atoms with Crippen molar-refractivity contribution in [2.45, 2.75) is 32.4 Å². The Hall–Kier alpha value is -1.15. The van der Waals surface area contributed by atoms with E-state index in [0.29, 0.717) is 12.1 Å². The fraction of sp³-hybridized carbons (Fsp3) is 0.462. The summed E-state index contributed by atoms with van der Waals surface area (Å²) in [6.07, 6.45) is 2.60. The molecule has 0 aromatic heterocycles. The quantitative estimate of drug-likeness (QED) is 0.697. The molecule has 0 aliphatic carbocycles.